The highest BCUT2D eigenvalue weighted by atomic mass is 32.1. The van der Waals surface area contributed by atoms with Crippen molar-refractivity contribution in [3.8, 4) is 17.1 Å². The smallest absolute Gasteiger partial charge is 0.291 e. The summed E-state index contributed by atoms with van der Waals surface area (Å²) in [5, 5.41) is 4.24. The van der Waals surface area contributed by atoms with Crippen molar-refractivity contribution in [1.29, 1.82) is 0 Å². The lowest BCUT2D eigenvalue weighted by Crippen LogP contribution is -2.23. The first-order valence-electron chi connectivity index (χ1n) is 7.45. The number of thiazole rings is 1. The van der Waals surface area contributed by atoms with Crippen molar-refractivity contribution >= 4 is 22.4 Å². The van der Waals surface area contributed by atoms with E-state index in [4.69, 9.17) is 4.74 Å². The van der Waals surface area contributed by atoms with Crippen LogP contribution < -0.4 is 14.8 Å². The first-order valence-corrected chi connectivity index (χ1v) is 8.27. The summed E-state index contributed by atoms with van der Waals surface area (Å²) in [5.41, 5.74) is 1.33. The van der Waals surface area contributed by atoms with Crippen molar-refractivity contribution in [3.63, 3.8) is 0 Å². The van der Waals surface area contributed by atoms with Crippen molar-refractivity contribution in [2.45, 2.75) is 0 Å². The number of methoxy groups -OCH3 is 1. The summed E-state index contributed by atoms with van der Waals surface area (Å²) >= 11 is 1.26. The fraction of sp³-hybridized carbons (Fsp3) is 0.0556. The molecule has 0 saturated carbocycles. The molecule has 0 aliphatic carbocycles. The zero-order valence-electron chi connectivity index (χ0n) is 13.1. The van der Waals surface area contributed by atoms with Crippen LogP contribution in [-0.4, -0.2) is 21.7 Å². The van der Waals surface area contributed by atoms with E-state index in [1.165, 1.54) is 28.0 Å². The molecular weight excluding hydrogens is 341 g/mol. The molecule has 0 fully saturated rings. The molecule has 0 saturated heterocycles. The molecule has 0 unspecified atom stereocenters. The fourth-order valence-electron chi connectivity index (χ4n) is 2.41. The molecule has 124 valence electrons. The molecule has 0 aliphatic rings. The van der Waals surface area contributed by atoms with E-state index < -0.39 is 0 Å². The Bertz CT molecular complexity index is 1150. The molecule has 0 aliphatic heterocycles. The molecular formula is C18H12FN3O2S. The molecule has 7 heteroatoms. The van der Waals surface area contributed by atoms with Gasteiger partial charge in [-0.2, -0.15) is 9.50 Å². The van der Waals surface area contributed by atoms with Crippen molar-refractivity contribution in [3.05, 3.63) is 74.8 Å². The molecule has 0 bridgehead atoms. The van der Waals surface area contributed by atoms with E-state index in [9.17, 15) is 9.18 Å². The molecule has 5 nitrogen and oxygen atoms in total. The molecule has 2 aromatic carbocycles. The van der Waals surface area contributed by atoms with E-state index in [2.05, 4.69) is 10.1 Å². The van der Waals surface area contributed by atoms with Gasteiger partial charge >= 0.3 is 0 Å². The Hall–Kier alpha value is -3.06. The van der Waals surface area contributed by atoms with Gasteiger partial charge in [0, 0.05) is 5.56 Å². The molecule has 0 amide bonds. The van der Waals surface area contributed by atoms with Gasteiger partial charge in [-0.3, -0.25) is 4.79 Å². The van der Waals surface area contributed by atoms with Crippen molar-refractivity contribution in [2.75, 3.05) is 7.11 Å². The van der Waals surface area contributed by atoms with Crippen LogP contribution in [0, 0.1) is 5.82 Å². The number of nitrogens with zero attached hydrogens (tertiary/aromatic N) is 3. The predicted octanol–water partition coefficient (Wildman–Crippen LogP) is 2.51. The summed E-state index contributed by atoms with van der Waals surface area (Å²) in [5.74, 6) is 0.830. The second-order valence-corrected chi connectivity index (χ2v) is 6.33. The zero-order chi connectivity index (χ0) is 17.4. The average Bonchev–Trinajstić information content (AvgIpc) is 3.16. The summed E-state index contributed by atoms with van der Waals surface area (Å²) in [6, 6.07) is 13.3. The monoisotopic (exact) mass is 353 g/mol. The number of aromatic nitrogens is 3. The van der Waals surface area contributed by atoms with Crippen LogP contribution in [0.3, 0.4) is 0 Å². The summed E-state index contributed by atoms with van der Waals surface area (Å²) in [6.45, 7) is 0. The van der Waals surface area contributed by atoms with Gasteiger partial charge in [-0.25, -0.2) is 4.39 Å². The highest BCUT2D eigenvalue weighted by molar-refractivity contribution is 7.15. The molecule has 4 aromatic rings. The van der Waals surface area contributed by atoms with Crippen LogP contribution in [0.5, 0.6) is 5.75 Å². The standard InChI is InChI=1S/C18H12FN3O2S/c1-24-14-8-2-11(3-9-14)10-15-17(23)22-18(25-15)20-16(21-22)12-4-6-13(19)7-5-12/h2-10H,1H3/b15-10-. The van der Waals surface area contributed by atoms with Crippen molar-refractivity contribution in [1.82, 2.24) is 14.6 Å². The first kappa shape index (κ1) is 15.5. The van der Waals surface area contributed by atoms with Gasteiger partial charge in [-0.05, 0) is 48.0 Å². The molecule has 0 spiro atoms. The van der Waals surface area contributed by atoms with Crippen LogP contribution in [0.2, 0.25) is 0 Å². The Kier molecular flexibility index (Phi) is 3.77. The van der Waals surface area contributed by atoms with E-state index in [1.807, 2.05) is 24.3 Å². The van der Waals surface area contributed by atoms with E-state index in [0.717, 1.165) is 11.3 Å². The number of fused-ring (bicyclic) bond motifs is 1. The summed E-state index contributed by atoms with van der Waals surface area (Å²) < 4.78 is 20.0. The second kappa shape index (κ2) is 6.10. The van der Waals surface area contributed by atoms with Crippen LogP contribution in [0.1, 0.15) is 5.56 Å². The number of benzene rings is 2. The molecule has 0 N–H and O–H groups in total. The second-order valence-electron chi connectivity index (χ2n) is 5.33. The minimum atomic E-state index is -0.328. The van der Waals surface area contributed by atoms with Crippen LogP contribution in [0.4, 0.5) is 4.39 Å². The molecule has 2 aromatic heterocycles. The van der Waals surface area contributed by atoms with Gasteiger partial charge in [-0.15, -0.1) is 5.10 Å². The van der Waals surface area contributed by atoms with Crippen LogP contribution >= 0.6 is 11.3 Å². The molecule has 0 radical (unpaired) electrons. The van der Waals surface area contributed by atoms with Gasteiger partial charge in [0.15, 0.2) is 5.82 Å². The highest BCUT2D eigenvalue weighted by Crippen LogP contribution is 2.17. The predicted molar refractivity (Wildman–Crippen MR) is 94.3 cm³/mol. The van der Waals surface area contributed by atoms with E-state index in [-0.39, 0.29) is 11.4 Å². The van der Waals surface area contributed by atoms with Gasteiger partial charge in [0.05, 0.1) is 11.6 Å². The number of hydrogen-bond donors (Lipinski definition) is 0. The number of hydrogen-bond acceptors (Lipinski definition) is 5. The number of rotatable bonds is 3. The quantitative estimate of drug-likeness (QED) is 0.568. The Morgan fingerprint density at radius 2 is 1.84 bits per heavy atom. The minimum absolute atomic E-state index is 0.225. The summed E-state index contributed by atoms with van der Waals surface area (Å²) in [6.07, 6.45) is 1.79. The third-order valence-corrected chi connectivity index (χ3v) is 4.66. The van der Waals surface area contributed by atoms with E-state index in [1.54, 1.807) is 25.3 Å². The van der Waals surface area contributed by atoms with Gasteiger partial charge < -0.3 is 4.74 Å². The molecule has 25 heavy (non-hydrogen) atoms. The highest BCUT2D eigenvalue weighted by Gasteiger charge is 2.12. The third kappa shape index (κ3) is 2.89. The Labute approximate surface area is 145 Å². The largest absolute Gasteiger partial charge is 0.497 e. The lowest BCUT2D eigenvalue weighted by Gasteiger charge is -1.98. The maximum absolute atomic E-state index is 13.0. The van der Waals surface area contributed by atoms with Crippen LogP contribution in [0.15, 0.2) is 53.3 Å². The Morgan fingerprint density at radius 3 is 2.48 bits per heavy atom. The summed E-state index contributed by atoms with van der Waals surface area (Å²) in [4.78, 5) is 17.4. The topological polar surface area (TPSA) is 56.5 Å². The molecule has 0 atom stereocenters. The maximum Gasteiger partial charge on any atom is 0.291 e. The van der Waals surface area contributed by atoms with Gasteiger partial charge in [0.1, 0.15) is 11.6 Å². The Balaban J connectivity index is 1.76. The number of halogens is 1. The maximum atomic E-state index is 13.0. The lowest BCUT2D eigenvalue weighted by molar-refractivity contribution is 0.415. The van der Waals surface area contributed by atoms with Crippen LogP contribution in [0.25, 0.3) is 22.4 Å². The fourth-order valence-corrected chi connectivity index (χ4v) is 3.31. The van der Waals surface area contributed by atoms with Gasteiger partial charge in [0.25, 0.3) is 5.56 Å². The third-order valence-electron chi connectivity index (χ3n) is 3.70. The van der Waals surface area contributed by atoms with Crippen LogP contribution in [-0.2, 0) is 0 Å². The minimum Gasteiger partial charge on any atom is -0.497 e. The normalized spacial score (nSPS) is 12.0. The van der Waals surface area contributed by atoms with Gasteiger partial charge in [0.2, 0.25) is 4.96 Å². The first-order chi connectivity index (χ1) is 12.1. The SMILES string of the molecule is COc1ccc(/C=c2\sc3nc(-c4ccc(F)cc4)nn3c2=O)cc1. The molecule has 4 rings (SSSR count). The van der Waals surface area contributed by atoms with Gasteiger partial charge in [-0.1, -0.05) is 23.5 Å². The van der Waals surface area contributed by atoms with Crippen molar-refractivity contribution < 1.29 is 9.13 Å². The number of ether oxygens (including phenoxy) is 1. The average molecular weight is 353 g/mol. The molecule has 2 heterocycles. The van der Waals surface area contributed by atoms with E-state index >= 15 is 0 Å². The van der Waals surface area contributed by atoms with Crippen molar-refractivity contribution in [2.24, 2.45) is 0 Å². The lowest BCUT2D eigenvalue weighted by atomic mass is 10.2. The summed E-state index contributed by atoms with van der Waals surface area (Å²) in [7, 11) is 1.60. The van der Waals surface area contributed by atoms with E-state index in [0.29, 0.717) is 20.9 Å². The Morgan fingerprint density at radius 1 is 1.12 bits per heavy atom. The zero-order valence-corrected chi connectivity index (χ0v) is 14.0.